The van der Waals surface area contributed by atoms with Crippen LogP contribution in [0.2, 0.25) is 0 Å². The lowest BCUT2D eigenvalue weighted by atomic mass is 10.1. The highest BCUT2D eigenvalue weighted by molar-refractivity contribution is 7.90. The highest BCUT2D eigenvalue weighted by atomic mass is 32.2. The van der Waals surface area contributed by atoms with Gasteiger partial charge in [-0.1, -0.05) is 23.8 Å². The summed E-state index contributed by atoms with van der Waals surface area (Å²) in [4.78, 5) is 25.6. The smallest absolute Gasteiger partial charge is 0.341 e. The third kappa shape index (κ3) is 4.84. The molecule has 29 heavy (non-hydrogen) atoms. The highest BCUT2D eigenvalue weighted by Gasteiger charge is 2.25. The number of ether oxygens (including phenoxy) is 1. The summed E-state index contributed by atoms with van der Waals surface area (Å²) in [5.74, 6) is -0.589. The van der Waals surface area contributed by atoms with Crippen LogP contribution in [0.4, 0.5) is 9.80 Å². The number of hydrogen-bond donors (Lipinski definition) is 2. The van der Waals surface area contributed by atoms with Crippen LogP contribution >= 0.6 is 22.7 Å². The van der Waals surface area contributed by atoms with Crippen LogP contribution in [0.25, 0.3) is 10.4 Å². The van der Waals surface area contributed by atoms with E-state index in [4.69, 9.17) is 4.74 Å². The number of anilines is 1. The largest absolute Gasteiger partial charge is 0.462 e. The van der Waals surface area contributed by atoms with E-state index in [1.165, 1.54) is 23.5 Å². The molecule has 2 N–H and O–H groups in total. The zero-order valence-corrected chi connectivity index (χ0v) is 18.0. The third-order valence-electron chi connectivity index (χ3n) is 3.84. The first-order chi connectivity index (χ1) is 13.8. The van der Waals surface area contributed by atoms with Crippen LogP contribution in [0.5, 0.6) is 0 Å². The van der Waals surface area contributed by atoms with Crippen molar-refractivity contribution in [3.05, 3.63) is 58.3 Å². The maximum absolute atomic E-state index is 12.5. The lowest BCUT2D eigenvalue weighted by molar-refractivity contribution is 0.0529. The maximum atomic E-state index is 12.5. The Morgan fingerprint density at radius 2 is 1.83 bits per heavy atom. The molecule has 0 aliphatic rings. The van der Waals surface area contributed by atoms with Gasteiger partial charge in [0.05, 0.1) is 11.5 Å². The van der Waals surface area contributed by atoms with Gasteiger partial charge in [-0.2, -0.15) is 0 Å². The van der Waals surface area contributed by atoms with Crippen molar-refractivity contribution in [2.75, 3.05) is 11.9 Å². The molecule has 0 saturated heterocycles. The second-order valence-corrected chi connectivity index (χ2v) is 9.43. The summed E-state index contributed by atoms with van der Waals surface area (Å²) in [5, 5.41) is 6.27. The van der Waals surface area contributed by atoms with E-state index in [1.54, 1.807) is 24.4 Å². The summed E-state index contributed by atoms with van der Waals surface area (Å²) >= 11 is 2.56. The minimum absolute atomic E-state index is 0.0330. The van der Waals surface area contributed by atoms with Crippen molar-refractivity contribution in [2.45, 2.75) is 18.7 Å². The van der Waals surface area contributed by atoms with E-state index in [0.29, 0.717) is 5.56 Å². The third-order valence-corrected chi connectivity index (χ3v) is 6.99. The summed E-state index contributed by atoms with van der Waals surface area (Å²) < 4.78 is 31.9. The number of hydrogen-bond acceptors (Lipinski definition) is 7. The fraction of sp³-hybridized carbons (Fsp3) is 0.158. The fourth-order valence-electron chi connectivity index (χ4n) is 2.50. The number of nitrogens with one attached hydrogen (secondary N) is 2. The van der Waals surface area contributed by atoms with Crippen molar-refractivity contribution in [3.8, 4) is 10.4 Å². The van der Waals surface area contributed by atoms with Crippen LogP contribution < -0.4 is 10.0 Å². The monoisotopic (exact) mass is 450 g/mol. The Kier molecular flexibility index (Phi) is 6.36. The Bertz CT molecular complexity index is 1120. The minimum Gasteiger partial charge on any atom is -0.462 e. The second kappa shape index (κ2) is 8.76. The predicted molar refractivity (Wildman–Crippen MR) is 114 cm³/mol. The zero-order chi connectivity index (χ0) is 21.0. The quantitative estimate of drug-likeness (QED) is 0.540. The number of rotatable bonds is 6. The average molecular weight is 451 g/mol. The Labute approximate surface area is 176 Å². The summed E-state index contributed by atoms with van der Waals surface area (Å²) in [6.45, 7) is 3.68. The van der Waals surface area contributed by atoms with Gasteiger partial charge in [-0.25, -0.2) is 22.7 Å². The van der Waals surface area contributed by atoms with Crippen LogP contribution in [-0.4, -0.2) is 27.0 Å². The number of thiophene rings is 2. The average Bonchev–Trinajstić information content (AvgIpc) is 3.31. The van der Waals surface area contributed by atoms with Crippen molar-refractivity contribution >= 4 is 49.7 Å². The number of esters is 1. The van der Waals surface area contributed by atoms with E-state index < -0.39 is 22.0 Å². The molecule has 0 atom stereocenters. The van der Waals surface area contributed by atoms with Crippen molar-refractivity contribution in [3.63, 3.8) is 0 Å². The van der Waals surface area contributed by atoms with Gasteiger partial charge < -0.3 is 4.74 Å². The van der Waals surface area contributed by atoms with Gasteiger partial charge in [0.2, 0.25) is 0 Å². The molecule has 0 unspecified atom stereocenters. The van der Waals surface area contributed by atoms with Gasteiger partial charge in [-0.15, -0.1) is 22.7 Å². The first-order valence-corrected chi connectivity index (χ1v) is 11.8. The number of urea groups is 1. The van der Waals surface area contributed by atoms with Crippen LogP contribution in [0, 0.1) is 6.92 Å². The van der Waals surface area contributed by atoms with Crippen molar-refractivity contribution in [1.29, 1.82) is 0 Å². The molecule has 3 aromatic rings. The van der Waals surface area contributed by atoms with Gasteiger partial charge in [0.25, 0.3) is 10.0 Å². The van der Waals surface area contributed by atoms with Gasteiger partial charge in [-0.3, -0.25) is 5.32 Å². The van der Waals surface area contributed by atoms with Gasteiger partial charge in [0, 0.05) is 15.8 Å². The molecule has 7 nitrogen and oxygen atoms in total. The Morgan fingerprint density at radius 3 is 2.45 bits per heavy atom. The van der Waals surface area contributed by atoms with E-state index in [-0.39, 0.29) is 22.1 Å². The molecule has 3 rings (SSSR count). The molecule has 0 aliphatic heterocycles. The van der Waals surface area contributed by atoms with Crippen LogP contribution in [0.3, 0.4) is 0 Å². The van der Waals surface area contributed by atoms with Crippen LogP contribution in [-0.2, 0) is 14.8 Å². The zero-order valence-electron chi connectivity index (χ0n) is 15.6. The molecule has 2 heterocycles. The molecule has 10 heteroatoms. The lowest BCUT2D eigenvalue weighted by Crippen LogP contribution is -2.34. The number of sulfonamides is 1. The Morgan fingerprint density at radius 1 is 1.10 bits per heavy atom. The Hall–Kier alpha value is -2.69. The molecule has 1 aromatic carbocycles. The van der Waals surface area contributed by atoms with Gasteiger partial charge in [0.15, 0.2) is 0 Å². The topological polar surface area (TPSA) is 102 Å². The molecule has 0 bridgehead atoms. The summed E-state index contributed by atoms with van der Waals surface area (Å²) in [6.07, 6.45) is 0. The summed E-state index contributed by atoms with van der Waals surface area (Å²) in [6, 6.07) is 8.83. The molecule has 2 amide bonds. The van der Waals surface area contributed by atoms with Gasteiger partial charge in [-0.05, 0) is 37.4 Å². The fourth-order valence-corrected chi connectivity index (χ4v) is 5.17. The van der Waals surface area contributed by atoms with Gasteiger partial charge >= 0.3 is 12.0 Å². The predicted octanol–water partition coefficient (Wildman–Crippen LogP) is 4.47. The molecule has 0 radical (unpaired) electrons. The first-order valence-electron chi connectivity index (χ1n) is 8.54. The Balaban J connectivity index is 1.85. The molecular weight excluding hydrogens is 432 g/mol. The van der Waals surface area contributed by atoms with E-state index in [0.717, 1.165) is 21.8 Å². The summed E-state index contributed by atoms with van der Waals surface area (Å²) in [5.41, 5.74) is 1.72. The number of carbonyl (C=O) groups is 2. The number of aryl methyl sites for hydroxylation is 1. The van der Waals surface area contributed by atoms with Crippen molar-refractivity contribution in [2.24, 2.45) is 0 Å². The second-order valence-electron chi connectivity index (χ2n) is 5.92. The van der Waals surface area contributed by atoms with E-state index in [9.17, 15) is 18.0 Å². The summed E-state index contributed by atoms with van der Waals surface area (Å²) in [7, 11) is -4.05. The van der Waals surface area contributed by atoms with Crippen molar-refractivity contribution < 1.29 is 22.7 Å². The normalized spacial score (nSPS) is 11.1. The standard InChI is InChI=1S/C19H18N2O5S3/c1-3-26-18(22)16-14(15-5-4-10-27-15)11-28-17(16)20-19(23)21-29(24,25)13-8-6-12(2)7-9-13/h4-11H,3H2,1-2H3,(H2,20,21,23). The molecule has 152 valence electrons. The van der Waals surface area contributed by atoms with E-state index in [2.05, 4.69) is 5.32 Å². The molecular formula is C19H18N2O5S3. The number of benzene rings is 1. The van der Waals surface area contributed by atoms with Crippen LogP contribution in [0.1, 0.15) is 22.8 Å². The lowest BCUT2D eigenvalue weighted by Gasteiger charge is -2.10. The number of carbonyl (C=O) groups excluding carboxylic acids is 2. The number of amides is 2. The SMILES string of the molecule is CCOC(=O)c1c(-c2cccs2)csc1NC(=O)NS(=O)(=O)c1ccc(C)cc1. The van der Waals surface area contributed by atoms with E-state index in [1.807, 2.05) is 29.2 Å². The molecule has 2 aromatic heterocycles. The van der Waals surface area contributed by atoms with Crippen molar-refractivity contribution in [1.82, 2.24) is 4.72 Å². The highest BCUT2D eigenvalue weighted by Crippen LogP contribution is 2.38. The molecule has 0 spiro atoms. The molecule has 0 saturated carbocycles. The molecule has 0 fully saturated rings. The maximum Gasteiger partial charge on any atom is 0.341 e. The molecule has 0 aliphatic carbocycles. The first kappa shape index (κ1) is 21.0. The minimum atomic E-state index is -4.05. The van der Waals surface area contributed by atoms with E-state index >= 15 is 0 Å². The van der Waals surface area contributed by atoms with Crippen LogP contribution in [0.15, 0.2) is 52.1 Å². The van der Waals surface area contributed by atoms with Gasteiger partial charge in [0.1, 0.15) is 10.6 Å².